The first kappa shape index (κ1) is 21.2. The van der Waals surface area contributed by atoms with Gasteiger partial charge in [0.2, 0.25) is 0 Å². The van der Waals surface area contributed by atoms with E-state index in [4.69, 9.17) is 23.2 Å². The van der Waals surface area contributed by atoms with Crippen molar-refractivity contribution in [1.82, 2.24) is 5.32 Å². The third-order valence-corrected chi connectivity index (χ3v) is 6.59. The molecular weight excluding hydrogens is 431 g/mol. The minimum absolute atomic E-state index is 0.132. The highest BCUT2D eigenvalue weighted by Gasteiger charge is 2.21. The molecule has 3 aromatic rings. The van der Waals surface area contributed by atoms with E-state index in [-0.39, 0.29) is 10.8 Å². The van der Waals surface area contributed by atoms with Gasteiger partial charge in [-0.25, -0.2) is 8.42 Å². The molecule has 0 aliphatic heterocycles. The fourth-order valence-electron chi connectivity index (χ4n) is 2.66. The molecule has 0 spiro atoms. The minimum atomic E-state index is -3.73. The van der Waals surface area contributed by atoms with Crippen LogP contribution in [0.4, 0.5) is 5.69 Å². The number of nitrogens with one attached hydrogen (secondary N) is 1. The topological polar surface area (TPSA) is 66.5 Å². The van der Waals surface area contributed by atoms with Crippen molar-refractivity contribution >= 4 is 44.8 Å². The molecular formula is C21H18Cl2N2O3S. The number of carbonyl (C=O) groups excluding carboxylic acids is 1. The molecule has 150 valence electrons. The second-order valence-corrected chi connectivity index (χ2v) is 9.13. The molecule has 0 aliphatic rings. The van der Waals surface area contributed by atoms with E-state index in [1.165, 1.54) is 31.3 Å². The maximum atomic E-state index is 12.7. The van der Waals surface area contributed by atoms with E-state index in [0.717, 1.165) is 9.87 Å². The van der Waals surface area contributed by atoms with E-state index >= 15 is 0 Å². The number of rotatable bonds is 6. The molecule has 0 fully saturated rings. The number of sulfonamides is 1. The van der Waals surface area contributed by atoms with Gasteiger partial charge in [0.1, 0.15) is 0 Å². The number of benzene rings is 3. The second kappa shape index (κ2) is 8.86. The van der Waals surface area contributed by atoms with Gasteiger partial charge in [-0.3, -0.25) is 9.10 Å². The van der Waals surface area contributed by atoms with Crippen molar-refractivity contribution in [2.75, 3.05) is 11.4 Å². The van der Waals surface area contributed by atoms with E-state index in [0.29, 0.717) is 27.8 Å². The van der Waals surface area contributed by atoms with Gasteiger partial charge in [-0.1, -0.05) is 35.3 Å². The average molecular weight is 449 g/mol. The predicted octanol–water partition coefficient (Wildman–Crippen LogP) is 4.75. The van der Waals surface area contributed by atoms with Crippen LogP contribution in [0.25, 0.3) is 0 Å². The lowest BCUT2D eigenvalue weighted by Crippen LogP contribution is -2.27. The summed E-state index contributed by atoms with van der Waals surface area (Å²) < 4.78 is 26.6. The van der Waals surface area contributed by atoms with Crippen LogP contribution in [0, 0.1) is 0 Å². The molecule has 0 bridgehead atoms. The van der Waals surface area contributed by atoms with Gasteiger partial charge in [-0.05, 0) is 66.2 Å². The Kier molecular flexibility index (Phi) is 6.47. The summed E-state index contributed by atoms with van der Waals surface area (Å²) in [5.74, 6) is -0.264. The molecule has 0 aromatic heterocycles. The van der Waals surface area contributed by atoms with Crippen LogP contribution >= 0.6 is 23.2 Å². The normalized spacial score (nSPS) is 11.1. The molecule has 29 heavy (non-hydrogen) atoms. The Balaban J connectivity index is 1.70. The Morgan fingerprint density at radius 1 is 0.931 bits per heavy atom. The number of carbonyl (C=O) groups is 1. The van der Waals surface area contributed by atoms with Gasteiger partial charge < -0.3 is 5.32 Å². The molecule has 3 aromatic carbocycles. The lowest BCUT2D eigenvalue weighted by Gasteiger charge is -2.19. The van der Waals surface area contributed by atoms with Crippen molar-refractivity contribution in [1.29, 1.82) is 0 Å². The van der Waals surface area contributed by atoms with Crippen molar-refractivity contribution in [3.63, 3.8) is 0 Å². The van der Waals surface area contributed by atoms with Crippen LogP contribution in [0.1, 0.15) is 15.9 Å². The number of amides is 1. The van der Waals surface area contributed by atoms with Gasteiger partial charge in [-0.15, -0.1) is 0 Å². The molecule has 8 heteroatoms. The molecule has 0 saturated heterocycles. The lowest BCUT2D eigenvalue weighted by molar-refractivity contribution is 0.0951. The Hall–Kier alpha value is -2.54. The van der Waals surface area contributed by atoms with Crippen LogP contribution in [-0.2, 0) is 16.6 Å². The first-order valence-electron chi connectivity index (χ1n) is 8.64. The smallest absolute Gasteiger partial charge is 0.264 e. The zero-order valence-corrected chi connectivity index (χ0v) is 17.8. The Bertz CT molecular complexity index is 1120. The van der Waals surface area contributed by atoms with Crippen molar-refractivity contribution in [3.05, 3.63) is 94.0 Å². The Morgan fingerprint density at radius 3 is 2.21 bits per heavy atom. The first-order chi connectivity index (χ1) is 13.8. The third kappa shape index (κ3) is 5.09. The van der Waals surface area contributed by atoms with E-state index < -0.39 is 10.0 Å². The molecule has 0 atom stereocenters. The third-order valence-electron chi connectivity index (χ3n) is 4.31. The average Bonchev–Trinajstić information content (AvgIpc) is 2.72. The molecule has 0 saturated carbocycles. The number of hydrogen-bond acceptors (Lipinski definition) is 3. The van der Waals surface area contributed by atoms with Crippen LogP contribution in [-0.4, -0.2) is 21.4 Å². The maximum absolute atomic E-state index is 12.7. The summed E-state index contributed by atoms with van der Waals surface area (Å²) in [6.07, 6.45) is 0. The molecule has 0 unspecified atom stereocenters. The van der Waals surface area contributed by atoms with Gasteiger partial charge in [-0.2, -0.15) is 0 Å². The minimum Gasteiger partial charge on any atom is -0.348 e. The summed E-state index contributed by atoms with van der Waals surface area (Å²) in [6, 6.07) is 19.5. The highest BCUT2D eigenvalue weighted by atomic mass is 35.5. The standard InChI is InChI=1S/C21H18Cl2N2O3S/c1-25(29(27,28)20-11-7-17(22)8-12-20)19-9-5-16(6-10-19)21(26)24-14-15-3-2-4-18(23)13-15/h2-13H,14H2,1H3,(H,24,26). The van der Waals surface area contributed by atoms with E-state index in [1.54, 1.807) is 36.4 Å². The SMILES string of the molecule is CN(c1ccc(C(=O)NCc2cccc(Cl)c2)cc1)S(=O)(=O)c1ccc(Cl)cc1. The van der Waals surface area contributed by atoms with E-state index in [9.17, 15) is 13.2 Å². The van der Waals surface area contributed by atoms with Crippen LogP contribution in [0.5, 0.6) is 0 Å². The van der Waals surface area contributed by atoms with Crippen molar-refractivity contribution in [3.8, 4) is 0 Å². The summed E-state index contributed by atoms with van der Waals surface area (Å²) in [5.41, 5.74) is 1.75. The number of halogens is 2. The molecule has 5 nitrogen and oxygen atoms in total. The van der Waals surface area contributed by atoms with E-state index in [1.807, 2.05) is 12.1 Å². The number of anilines is 1. The van der Waals surface area contributed by atoms with Crippen LogP contribution in [0.15, 0.2) is 77.7 Å². The molecule has 3 rings (SSSR count). The molecule has 1 amide bonds. The summed E-state index contributed by atoms with van der Waals surface area (Å²) in [5, 5.41) is 3.87. The van der Waals surface area contributed by atoms with Crippen LogP contribution in [0.3, 0.4) is 0 Å². The highest BCUT2D eigenvalue weighted by molar-refractivity contribution is 7.92. The van der Waals surface area contributed by atoms with Crippen LogP contribution in [0.2, 0.25) is 10.0 Å². The number of nitrogens with zero attached hydrogens (tertiary/aromatic N) is 1. The van der Waals surface area contributed by atoms with E-state index in [2.05, 4.69) is 5.32 Å². The first-order valence-corrected chi connectivity index (χ1v) is 10.8. The zero-order valence-electron chi connectivity index (χ0n) is 15.5. The fraction of sp³-hybridized carbons (Fsp3) is 0.0952. The summed E-state index contributed by atoms with van der Waals surface area (Å²) in [6.45, 7) is 0.339. The lowest BCUT2D eigenvalue weighted by atomic mass is 10.2. The zero-order chi connectivity index (χ0) is 21.0. The second-order valence-electron chi connectivity index (χ2n) is 6.29. The largest absolute Gasteiger partial charge is 0.348 e. The monoisotopic (exact) mass is 448 g/mol. The van der Waals surface area contributed by atoms with Gasteiger partial charge in [0.05, 0.1) is 10.6 Å². The van der Waals surface area contributed by atoms with Gasteiger partial charge in [0.25, 0.3) is 15.9 Å². The quantitative estimate of drug-likeness (QED) is 0.591. The molecule has 1 N–H and O–H groups in total. The number of hydrogen-bond donors (Lipinski definition) is 1. The van der Waals surface area contributed by atoms with Crippen LogP contribution < -0.4 is 9.62 Å². The summed E-state index contributed by atoms with van der Waals surface area (Å²) in [4.78, 5) is 12.5. The highest BCUT2D eigenvalue weighted by Crippen LogP contribution is 2.23. The van der Waals surface area contributed by atoms with Crippen molar-refractivity contribution < 1.29 is 13.2 Å². The Morgan fingerprint density at radius 2 is 1.59 bits per heavy atom. The van der Waals surface area contributed by atoms with Gasteiger partial charge in [0.15, 0.2) is 0 Å². The summed E-state index contributed by atoms with van der Waals surface area (Å²) >= 11 is 11.8. The maximum Gasteiger partial charge on any atom is 0.264 e. The van der Waals surface area contributed by atoms with Crippen molar-refractivity contribution in [2.45, 2.75) is 11.4 Å². The van der Waals surface area contributed by atoms with Gasteiger partial charge in [0, 0.05) is 29.2 Å². The molecule has 0 aliphatic carbocycles. The molecule has 0 heterocycles. The fourth-order valence-corrected chi connectivity index (χ4v) is 4.19. The summed E-state index contributed by atoms with van der Waals surface area (Å²) in [7, 11) is -2.27. The predicted molar refractivity (Wildman–Crippen MR) is 116 cm³/mol. The van der Waals surface area contributed by atoms with Crippen molar-refractivity contribution in [2.24, 2.45) is 0 Å². The Labute approximate surface area is 179 Å². The molecule has 0 radical (unpaired) electrons. The van der Waals surface area contributed by atoms with Gasteiger partial charge >= 0.3 is 0 Å².